The van der Waals surface area contributed by atoms with E-state index in [1.165, 1.54) is 5.69 Å². The molecule has 4 nitrogen and oxygen atoms in total. The average Bonchev–Trinajstić information content (AvgIpc) is 2.37. The Balaban J connectivity index is 2.04. The van der Waals surface area contributed by atoms with Crippen molar-refractivity contribution in [2.24, 2.45) is 0 Å². The lowest BCUT2D eigenvalue weighted by Gasteiger charge is -2.44. The van der Waals surface area contributed by atoms with Crippen LogP contribution in [0.3, 0.4) is 0 Å². The van der Waals surface area contributed by atoms with Gasteiger partial charge in [-0.15, -0.1) is 0 Å². The summed E-state index contributed by atoms with van der Waals surface area (Å²) in [7, 11) is 0. The molecule has 21 heavy (non-hydrogen) atoms. The van der Waals surface area contributed by atoms with Crippen LogP contribution in [0.2, 0.25) is 0 Å². The molecule has 5 heteroatoms. The summed E-state index contributed by atoms with van der Waals surface area (Å²) >= 11 is 3.50. The molecule has 0 aliphatic carbocycles. The Morgan fingerprint density at radius 3 is 2.43 bits per heavy atom. The van der Waals surface area contributed by atoms with Crippen molar-refractivity contribution in [2.45, 2.75) is 45.2 Å². The highest BCUT2D eigenvalue weighted by Crippen LogP contribution is 2.28. The number of amides is 1. The molecule has 1 aliphatic heterocycles. The van der Waals surface area contributed by atoms with E-state index in [0.717, 1.165) is 30.4 Å². The number of hydrogen-bond acceptors (Lipinski definition) is 2. The highest BCUT2D eigenvalue weighted by Gasteiger charge is 2.35. The SMILES string of the molecule is CC(C)(C)N(C(=O)O)C1CCN(c2cccc(Br)c2)CC1. The molecule has 0 aromatic heterocycles. The topological polar surface area (TPSA) is 43.8 Å². The molecular formula is C16H23BrN2O2. The van der Waals surface area contributed by atoms with Gasteiger partial charge in [0, 0.05) is 34.8 Å². The van der Waals surface area contributed by atoms with Crippen molar-refractivity contribution < 1.29 is 9.90 Å². The van der Waals surface area contributed by atoms with E-state index in [4.69, 9.17) is 0 Å². The lowest BCUT2D eigenvalue weighted by molar-refractivity contribution is 0.0616. The van der Waals surface area contributed by atoms with Gasteiger partial charge in [-0.3, -0.25) is 0 Å². The van der Waals surface area contributed by atoms with Crippen LogP contribution in [0.4, 0.5) is 10.5 Å². The Labute approximate surface area is 134 Å². The lowest BCUT2D eigenvalue weighted by Crippen LogP contribution is -2.54. The maximum atomic E-state index is 11.5. The molecule has 1 aromatic rings. The zero-order valence-electron chi connectivity index (χ0n) is 12.8. The summed E-state index contributed by atoms with van der Waals surface area (Å²) in [6.45, 7) is 7.66. The van der Waals surface area contributed by atoms with Crippen molar-refractivity contribution in [3.05, 3.63) is 28.7 Å². The highest BCUT2D eigenvalue weighted by molar-refractivity contribution is 9.10. The zero-order chi connectivity index (χ0) is 15.6. The number of anilines is 1. The first kappa shape index (κ1) is 16.1. The van der Waals surface area contributed by atoms with Crippen LogP contribution < -0.4 is 4.90 Å². The minimum atomic E-state index is -0.816. The highest BCUT2D eigenvalue weighted by atomic mass is 79.9. The molecular weight excluding hydrogens is 332 g/mol. The normalized spacial score (nSPS) is 16.9. The third-order valence-corrected chi connectivity index (χ3v) is 4.43. The second kappa shape index (κ2) is 6.26. The summed E-state index contributed by atoms with van der Waals surface area (Å²) in [4.78, 5) is 15.5. The van der Waals surface area contributed by atoms with Crippen LogP contribution in [0.15, 0.2) is 28.7 Å². The van der Waals surface area contributed by atoms with Gasteiger partial charge in [-0.2, -0.15) is 0 Å². The van der Waals surface area contributed by atoms with Crippen LogP contribution in [0.1, 0.15) is 33.6 Å². The van der Waals surface area contributed by atoms with Crippen LogP contribution in [0, 0.1) is 0 Å². The van der Waals surface area contributed by atoms with Gasteiger partial charge in [-0.25, -0.2) is 4.79 Å². The third-order valence-electron chi connectivity index (χ3n) is 3.93. The molecule has 1 fully saturated rings. The van der Waals surface area contributed by atoms with E-state index in [-0.39, 0.29) is 11.6 Å². The van der Waals surface area contributed by atoms with Gasteiger partial charge in [-0.1, -0.05) is 22.0 Å². The van der Waals surface area contributed by atoms with Crippen LogP contribution in [0.25, 0.3) is 0 Å². The lowest BCUT2D eigenvalue weighted by atomic mass is 9.96. The largest absolute Gasteiger partial charge is 0.465 e. The Morgan fingerprint density at radius 1 is 1.33 bits per heavy atom. The summed E-state index contributed by atoms with van der Waals surface area (Å²) in [5, 5.41) is 9.49. The van der Waals surface area contributed by atoms with Gasteiger partial charge < -0.3 is 14.9 Å². The van der Waals surface area contributed by atoms with E-state index >= 15 is 0 Å². The number of nitrogens with zero attached hydrogens (tertiary/aromatic N) is 2. The summed E-state index contributed by atoms with van der Waals surface area (Å²) in [6, 6.07) is 8.36. The van der Waals surface area contributed by atoms with Crippen molar-refractivity contribution in [2.75, 3.05) is 18.0 Å². The Hall–Kier alpha value is -1.23. The van der Waals surface area contributed by atoms with Crippen molar-refractivity contribution >= 4 is 27.7 Å². The summed E-state index contributed by atoms with van der Waals surface area (Å²) < 4.78 is 1.07. The molecule has 1 aliphatic rings. The van der Waals surface area contributed by atoms with E-state index in [1.807, 2.05) is 32.9 Å². The summed E-state index contributed by atoms with van der Waals surface area (Å²) in [6.07, 6.45) is 0.926. The first-order valence-electron chi connectivity index (χ1n) is 7.32. The van der Waals surface area contributed by atoms with Crippen LogP contribution in [0.5, 0.6) is 0 Å². The molecule has 0 unspecified atom stereocenters. The number of benzene rings is 1. The quantitative estimate of drug-likeness (QED) is 0.865. The number of piperidine rings is 1. The minimum absolute atomic E-state index is 0.103. The van der Waals surface area contributed by atoms with Crippen molar-refractivity contribution in [1.29, 1.82) is 0 Å². The number of halogens is 1. The van der Waals surface area contributed by atoms with Gasteiger partial charge in [-0.05, 0) is 51.8 Å². The molecule has 1 heterocycles. The minimum Gasteiger partial charge on any atom is -0.465 e. The summed E-state index contributed by atoms with van der Waals surface area (Å²) in [5.41, 5.74) is 0.842. The van der Waals surface area contributed by atoms with E-state index in [2.05, 4.69) is 33.0 Å². The van der Waals surface area contributed by atoms with E-state index < -0.39 is 6.09 Å². The zero-order valence-corrected chi connectivity index (χ0v) is 14.4. The third kappa shape index (κ3) is 3.90. The van der Waals surface area contributed by atoms with Crippen LogP contribution in [-0.4, -0.2) is 40.8 Å². The molecule has 0 saturated carbocycles. The Bertz CT molecular complexity index is 505. The monoisotopic (exact) mass is 354 g/mol. The molecule has 0 spiro atoms. The summed E-state index contributed by atoms with van der Waals surface area (Å²) in [5.74, 6) is 0. The molecule has 1 amide bonds. The maximum Gasteiger partial charge on any atom is 0.407 e. The predicted octanol–water partition coefficient (Wildman–Crippen LogP) is 4.20. The van der Waals surface area contributed by atoms with Gasteiger partial charge >= 0.3 is 6.09 Å². The Morgan fingerprint density at radius 2 is 1.95 bits per heavy atom. The number of carbonyl (C=O) groups is 1. The number of rotatable bonds is 2. The first-order valence-corrected chi connectivity index (χ1v) is 8.11. The maximum absolute atomic E-state index is 11.5. The van der Waals surface area contributed by atoms with Crippen LogP contribution in [-0.2, 0) is 0 Å². The van der Waals surface area contributed by atoms with Crippen molar-refractivity contribution in [3.63, 3.8) is 0 Å². The van der Waals surface area contributed by atoms with Gasteiger partial charge in [0.25, 0.3) is 0 Å². The predicted molar refractivity (Wildman–Crippen MR) is 89.0 cm³/mol. The van der Waals surface area contributed by atoms with Crippen LogP contribution >= 0.6 is 15.9 Å². The number of hydrogen-bond donors (Lipinski definition) is 1. The molecule has 0 atom stereocenters. The van der Waals surface area contributed by atoms with E-state index in [9.17, 15) is 9.90 Å². The standard InChI is InChI=1S/C16H23BrN2O2/c1-16(2,3)19(15(20)21)13-7-9-18(10-8-13)14-6-4-5-12(17)11-14/h4-6,11,13H,7-10H2,1-3H3,(H,20,21). The molecule has 2 rings (SSSR count). The molecule has 1 aromatic carbocycles. The first-order chi connectivity index (χ1) is 9.79. The molecule has 0 radical (unpaired) electrons. The second-order valence-electron chi connectivity index (χ2n) is 6.52. The Kier molecular flexibility index (Phi) is 4.81. The molecule has 116 valence electrons. The second-order valence-corrected chi connectivity index (χ2v) is 7.44. The van der Waals surface area contributed by atoms with Crippen molar-refractivity contribution in [3.8, 4) is 0 Å². The fraction of sp³-hybridized carbons (Fsp3) is 0.562. The fourth-order valence-corrected chi connectivity index (χ4v) is 3.43. The average molecular weight is 355 g/mol. The van der Waals surface area contributed by atoms with E-state index in [0.29, 0.717) is 0 Å². The number of carboxylic acid groups (broad SMARTS) is 1. The molecule has 0 bridgehead atoms. The van der Waals surface area contributed by atoms with Gasteiger partial charge in [0.05, 0.1) is 0 Å². The fourth-order valence-electron chi connectivity index (χ4n) is 3.05. The smallest absolute Gasteiger partial charge is 0.407 e. The van der Waals surface area contributed by atoms with Gasteiger partial charge in [0.15, 0.2) is 0 Å². The van der Waals surface area contributed by atoms with Gasteiger partial charge in [0.1, 0.15) is 0 Å². The van der Waals surface area contributed by atoms with Crippen molar-refractivity contribution in [1.82, 2.24) is 4.90 Å². The molecule has 1 saturated heterocycles. The van der Waals surface area contributed by atoms with Gasteiger partial charge in [0.2, 0.25) is 0 Å². The van der Waals surface area contributed by atoms with E-state index in [1.54, 1.807) is 4.90 Å². The molecule has 1 N–H and O–H groups in total.